The van der Waals surface area contributed by atoms with E-state index in [2.05, 4.69) is 0 Å². The van der Waals surface area contributed by atoms with Crippen molar-refractivity contribution in [1.29, 1.82) is 0 Å². The number of aryl methyl sites for hydroxylation is 1. The van der Waals surface area contributed by atoms with Gasteiger partial charge in [0.05, 0.1) is 0 Å². The highest BCUT2D eigenvalue weighted by molar-refractivity contribution is 6.06. The van der Waals surface area contributed by atoms with E-state index < -0.39 is 0 Å². The fourth-order valence-corrected chi connectivity index (χ4v) is 1.66. The lowest BCUT2D eigenvalue weighted by Crippen LogP contribution is -1.93. The number of rotatable bonds is 3. The molecule has 90 valence electrons. The van der Waals surface area contributed by atoms with Crippen LogP contribution in [-0.4, -0.2) is 5.78 Å². The van der Waals surface area contributed by atoms with Gasteiger partial charge in [0.2, 0.25) is 0 Å². The summed E-state index contributed by atoms with van der Waals surface area (Å²) >= 11 is 0. The van der Waals surface area contributed by atoms with Crippen LogP contribution in [0.2, 0.25) is 0 Å². The normalized spacial score (nSPS) is 10.8. The van der Waals surface area contributed by atoms with Gasteiger partial charge in [-0.25, -0.2) is 4.39 Å². The third-order valence-corrected chi connectivity index (χ3v) is 2.60. The molecule has 2 heteroatoms. The van der Waals surface area contributed by atoms with Crippen molar-refractivity contribution in [3.8, 4) is 0 Å². The molecule has 0 unspecified atom stereocenters. The van der Waals surface area contributed by atoms with E-state index in [0.29, 0.717) is 5.56 Å². The van der Waals surface area contributed by atoms with Gasteiger partial charge in [0.15, 0.2) is 5.78 Å². The van der Waals surface area contributed by atoms with Gasteiger partial charge < -0.3 is 0 Å². The van der Waals surface area contributed by atoms with Gasteiger partial charge in [0.1, 0.15) is 5.82 Å². The number of allylic oxidation sites excluding steroid dienone is 1. The number of ketones is 1. The molecule has 0 amide bonds. The minimum absolute atomic E-state index is 0.128. The monoisotopic (exact) mass is 240 g/mol. The predicted molar refractivity (Wildman–Crippen MR) is 70.9 cm³/mol. The molecule has 0 atom stereocenters. The number of carbonyl (C=O) groups is 1. The van der Waals surface area contributed by atoms with Crippen molar-refractivity contribution in [2.75, 3.05) is 0 Å². The fraction of sp³-hybridized carbons (Fsp3) is 0.0625. The molecule has 0 saturated carbocycles. The van der Waals surface area contributed by atoms with Crippen LogP contribution in [0.25, 0.3) is 6.08 Å². The van der Waals surface area contributed by atoms with Crippen LogP contribution in [0.5, 0.6) is 0 Å². The standard InChI is InChI=1S/C16H13FO/c1-12-3-2-4-13(11-12)5-10-16(18)14-6-8-15(17)9-7-14/h2-11H,1H3. The molecule has 0 aliphatic heterocycles. The maximum absolute atomic E-state index is 12.7. The van der Waals surface area contributed by atoms with Gasteiger partial charge in [-0.05, 0) is 42.8 Å². The lowest BCUT2D eigenvalue weighted by Gasteiger charge is -1.97. The summed E-state index contributed by atoms with van der Waals surface area (Å²) in [4.78, 5) is 11.8. The molecule has 0 radical (unpaired) electrons. The summed E-state index contributed by atoms with van der Waals surface area (Å²) in [5, 5.41) is 0. The second-order valence-corrected chi connectivity index (χ2v) is 4.12. The number of carbonyl (C=O) groups excluding carboxylic acids is 1. The van der Waals surface area contributed by atoms with Crippen LogP contribution in [0.3, 0.4) is 0 Å². The first-order chi connectivity index (χ1) is 8.65. The lowest BCUT2D eigenvalue weighted by atomic mass is 10.1. The van der Waals surface area contributed by atoms with Crippen molar-refractivity contribution >= 4 is 11.9 Å². The number of halogens is 1. The molecule has 0 aliphatic rings. The molecule has 0 heterocycles. The zero-order chi connectivity index (χ0) is 13.0. The van der Waals surface area contributed by atoms with Crippen LogP contribution in [0.15, 0.2) is 54.6 Å². The largest absolute Gasteiger partial charge is 0.289 e. The van der Waals surface area contributed by atoms with E-state index in [4.69, 9.17) is 0 Å². The minimum atomic E-state index is -0.339. The summed E-state index contributed by atoms with van der Waals surface area (Å²) in [6.45, 7) is 2.00. The molecular formula is C16H13FO. The van der Waals surface area contributed by atoms with E-state index in [9.17, 15) is 9.18 Å². The number of benzene rings is 2. The Kier molecular flexibility index (Phi) is 3.68. The average molecular weight is 240 g/mol. The predicted octanol–water partition coefficient (Wildman–Crippen LogP) is 4.03. The highest BCUT2D eigenvalue weighted by atomic mass is 19.1. The summed E-state index contributed by atoms with van der Waals surface area (Å²) in [6, 6.07) is 13.4. The van der Waals surface area contributed by atoms with Crippen molar-refractivity contribution in [2.45, 2.75) is 6.92 Å². The first-order valence-electron chi connectivity index (χ1n) is 5.70. The van der Waals surface area contributed by atoms with Gasteiger partial charge in [0.25, 0.3) is 0 Å². The second kappa shape index (κ2) is 5.41. The van der Waals surface area contributed by atoms with E-state index in [-0.39, 0.29) is 11.6 Å². The van der Waals surface area contributed by atoms with Crippen LogP contribution in [0, 0.1) is 12.7 Å². The molecule has 0 aliphatic carbocycles. The highest BCUT2D eigenvalue weighted by Crippen LogP contribution is 2.08. The third kappa shape index (κ3) is 3.14. The Morgan fingerprint density at radius 3 is 2.50 bits per heavy atom. The van der Waals surface area contributed by atoms with Crippen LogP contribution in [0.1, 0.15) is 21.5 Å². The summed E-state index contributed by atoms with van der Waals surface area (Å²) in [5.41, 5.74) is 2.61. The Labute approximate surface area is 106 Å². The minimum Gasteiger partial charge on any atom is -0.289 e. The van der Waals surface area contributed by atoms with Gasteiger partial charge in [-0.1, -0.05) is 35.9 Å². The van der Waals surface area contributed by atoms with E-state index >= 15 is 0 Å². The van der Waals surface area contributed by atoms with Crippen molar-refractivity contribution < 1.29 is 9.18 Å². The maximum atomic E-state index is 12.7. The van der Waals surface area contributed by atoms with Crippen molar-refractivity contribution in [3.05, 3.63) is 77.1 Å². The fourth-order valence-electron chi connectivity index (χ4n) is 1.66. The maximum Gasteiger partial charge on any atom is 0.185 e. The first kappa shape index (κ1) is 12.2. The molecule has 0 fully saturated rings. The van der Waals surface area contributed by atoms with E-state index in [1.165, 1.54) is 30.3 Å². The molecule has 1 nitrogen and oxygen atoms in total. The summed E-state index contributed by atoms with van der Waals surface area (Å²) in [7, 11) is 0. The zero-order valence-electron chi connectivity index (χ0n) is 10.1. The summed E-state index contributed by atoms with van der Waals surface area (Å²) in [5.74, 6) is -0.467. The van der Waals surface area contributed by atoms with Gasteiger partial charge >= 0.3 is 0 Å². The Bertz CT molecular complexity index is 582. The molecule has 2 aromatic rings. The molecule has 2 rings (SSSR count). The SMILES string of the molecule is Cc1cccc(C=CC(=O)c2ccc(F)cc2)c1. The quantitative estimate of drug-likeness (QED) is 0.584. The Morgan fingerprint density at radius 2 is 1.83 bits per heavy atom. The van der Waals surface area contributed by atoms with Crippen molar-refractivity contribution in [1.82, 2.24) is 0 Å². The average Bonchev–Trinajstić information content (AvgIpc) is 2.37. The third-order valence-electron chi connectivity index (χ3n) is 2.60. The topological polar surface area (TPSA) is 17.1 Å². The molecular weight excluding hydrogens is 227 g/mol. The molecule has 0 spiro atoms. The summed E-state index contributed by atoms with van der Waals surface area (Å²) < 4.78 is 12.7. The number of hydrogen-bond acceptors (Lipinski definition) is 1. The summed E-state index contributed by atoms with van der Waals surface area (Å²) in [6.07, 6.45) is 3.26. The van der Waals surface area contributed by atoms with Crippen LogP contribution in [-0.2, 0) is 0 Å². The molecule has 0 aromatic heterocycles. The first-order valence-corrected chi connectivity index (χ1v) is 5.70. The van der Waals surface area contributed by atoms with Crippen LogP contribution in [0.4, 0.5) is 4.39 Å². The number of hydrogen-bond donors (Lipinski definition) is 0. The van der Waals surface area contributed by atoms with Crippen LogP contribution < -0.4 is 0 Å². The van der Waals surface area contributed by atoms with Gasteiger partial charge in [-0.15, -0.1) is 0 Å². The molecule has 0 saturated heterocycles. The van der Waals surface area contributed by atoms with Gasteiger partial charge in [-0.3, -0.25) is 4.79 Å². The second-order valence-electron chi connectivity index (χ2n) is 4.12. The molecule has 2 aromatic carbocycles. The van der Waals surface area contributed by atoms with Crippen LogP contribution >= 0.6 is 0 Å². The van der Waals surface area contributed by atoms with E-state index in [1.807, 2.05) is 31.2 Å². The van der Waals surface area contributed by atoms with E-state index in [0.717, 1.165) is 11.1 Å². The Balaban J connectivity index is 2.14. The lowest BCUT2D eigenvalue weighted by molar-refractivity contribution is 0.104. The molecule has 0 N–H and O–H groups in total. The molecule has 0 bridgehead atoms. The van der Waals surface area contributed by atoms with Crippen molar-refractivity contribution in [3.63, 3.8) is 0 Å². The molecule has 18 heavy (non-hydrogen) atoms. The highest BCUT2D eigenvalue weighted by Gasteiger charge is 2.01. The Morgan fingerprint density at radius 1 is 1.11 bits per heavy atom. The Hall–Kier alpha value is -2.22. The smallest absolute Gasteiger partial charge is 0.185 e. The zero-order valence-corrected chi connectivity index (χ0v) is 10.1. The van der Waals surface area contributed by atoms with Gasteiger partial charge in [-0.2, -0.15) is 0 Å². The van der Waals surface area contributed by atoms with E-state index in [1.54, 1.807) is 6.08 Å². The van der Waals surface area contributed by atoms with Crippen molar-refractivity contribution in [2.24, 2.45) is 0 Å². The van der Waals surface area contributed by atoms with Gasteiger partial charge in [0, 0.05) is 5.56 Å².